The topological polar surface area (TPSA) is 38.6 Å². The predicted octanol–water partition coefficient (Wildman–Crippen LogP) is 1.97. The lowest BCUT2D eigenvalue weighted by molar-refractivity contribution is 0.244. The Kier molecular flexibility index (Phi) is 4.16. The van der Waals surface area contributed by atoms with Crippen LogP contribution in [0.1, 0.15) is 12.1 Å². The Hall–Kier alpha value is -1.81. The van der Waals surface area contributed by atoms with Crippen LogP contribution in [0.4, 0.5) is 0 Å². The molecule has 0 aromatic carbocycles. The molecule has 0 bridgehead atoms. The summed E-state index contributed by atoms with van der Waals surface area (Å²) in [7, 11) is 0. The predicted molar refractivity (Wildman–Crippen MR) is 67.7 cm³/mol. The first-order valence-electron chi connectivity index (χ1n) is 5.76. The number of nitrogens with one attached hydrogen (secondary N) is 1. The molecule has 2 rings (SSSR count). The zero-order valence-corrected chi connectivity index (χ0v) is 9.80. The molecule has 4 nitrogen and oxygen atoms in total. The van der Waals surface area contributed by atoms with E-state index in [9.17, 15) is 0 Å². The lowest BCUT2D eigenvalue weighted by Crippen LogP contribution is -2.16. The quantitative estimate of drug-likeness (QED) is 0.585. The maximum atomic E-state index is 5.04. The largest absolute Gasteiger partial charge is 0.502 e. The molecule has 0 radical (unpaired) electrons. The van der Waals surface area contributed by atoms with Gasteiger partial charge in [0.2, 0.25) is 0 Å². The molecule has 0 atom stereocenters. The average molecular weight is 231 g/mol. The summed E-state index contributed by atoms with van der Waals surface area (Å²) in [5.41, 5.74) is 2.04. The smallest absolute Gasteiger partial charge is 0.137 e. The second-order valence-corrected chi connectivity index (χ2v) is 3.77. The fourth-order valence-electron chi connectivity index (χ4n) is 1.65. The van der Waals surface area contributed by atoms with Crippen LogP contribution in [0, 0.1) is 0 Å². The highest BCUT2D eigenvalue weighted by atomic mass is 16.5. The highest BCUT2D eigenvalue weighted by molar-refractivity contribution is 5.39. The summed E-state index contributed by atoms with van der Waals surface area (Å²) >= 11 is 0. The highest BCUT2D eigenvalue weighted by Crippen LogP contribution is 2.03. The Bertz CT molecular complexity index is 445. The van der Waals surface area contributed by atoms with Gasteiger partial charge in [0, 0.05) is 18.9 Å². The van der Waals surface area contributed by atoms with Gasteiger partial charge in [-0.05, 0) is 25.1 Å². The number of aromatic nitrogens is 2. The number of fused-ring (bicyclic) bond motifs is 1. The maximum Gasteiger partial charge on any atom is 0.137 e. The third-order valence-electron chi connectivity index (χ3n) is 2.45. The number of rotatable bonds is 7. The Labute approximate surface area is 101 Å². The summed E-state index contributed by atoms with van der Waals surface area (Å²) in [6.45, 7) is 5.91. The SMILES string of the molecule is C=COCCCNCc1cn2ccccc2n1. The van der Waals surface area contributed by atoms with E-state index < -0.39 is 0 Å². The van der Waals surface area contributed by atoms with Crippen molar-refractivity contribution in [3.8, 4) is 0 Å². The Morgan fingerprint density at radius 1 is 1.47 bits per heavy atom. The number of imidazole rings is 1. The second-order valence-electron chi connectivity index (χ2n) is 3.77. The molecule has 0 unspecified atom stereocenters. The molecule has 0 spiro atoms. The summed E-state index contributed by atoms with van der Waals surface area (Å²) < 4.78 is 7.06. The third kappa shape index (κ3) is 3.32. The molecule has 0 aliphatic rings. The van der Waals surface area contributed by atoms with Crippen LogP contribution in [0.2, 0.25) is 0 Å². The minimum Gasteiger partial charge on any atom is -0.502 e. The van der Waals surface area contributed by atoms with E-state index >= 15 is 0 Å². The van der Waals surface area contributed by atoms with Crippen LogP contribution in [-0.4, -0.2) is 22.5 Å². The van der Waals surface area contributed by atoms with Gasteiger partial charge in [-0.2, -0.15) is 0 Å². The molecule has 2 aromatic heterocycles. The lowest BCUT2D eigenvalue weighted by Gasteiger charge is -2.02. The highest BCUT2D eigenvalue weighted by Gasteiger charge is 1.99. The van der Waals surface area contributed by atoms with Gasteiger partial charge in [0.1, 0.15) is 5.65 Å². The van der Waals surface area contributed by atoms with E-state index in [0.29, 0.717) is 6.61 Å². The Morgan fingerprint density at radius 3 is 3.24 bits per heavy atom. The van der Waals surface area contributed by atoms with Crippen molar-refractivity contribution < 1.29 is 4.74 Å². The Morgan fingerprint density at radius 2 is 2.41 bits per heavy atom. The molecule has 0 fully saturated rings. The van der Waals surface area contributed by atoms with Crippen molar-refractivity contribution in [3.05, 3.63) is 49.1 Å². The molecule has 4 heteroatoms. The number of pyridine rings is 1. The first kappa shape index (κ1) is 11.7. The van der Waals surface area contributed by atoms with Gasteiger partial charge in [0.25, 0.3) is 0 Å². The summed E-state index contributed by atoms with van der Waals surface area (Å²) in [6, 6.07) is 5.99. The van der Waals surface area contributed by atoms with Gasteiger partial charge in [-0.15, -0.1) is 0 Å². The zero-order chi connectivity index (χ0) is 11.9. The fourth-order valence-corrected chi connectivity index (χ4v) is 1.65. The first-order valence-corrected chi connectivity index (χ1v) is 5.76. The standard InChI is InChI=1S/C13H17N3O/c1-2-17-9-5-7-14-10-12-11-16-8-4-3-6-13(16)15-12/h2-4,6,8,11,14H,1,5,7,9-10H2. The minimum atomic E-state index is 0.710. The number of hydrogen-bond acceptors (Lipinski definition) is 3. The van der Waals surface area contributed by atoms with Gasteiger partial charge in [0.15, 0.2) is 0 Å². The van der Waals surface area contributed by atoms with Crippen LogP contribution in [0.5, 0.6) is 0 Å². The molecule has 2 aromatic rings. The molecule has 0 saturated heterocycles. The van der Waals surface area contributed by atoms with Gasteiger partial charge in [-0.25, -0.2) is 4.98 Å². The van der Waals surface area contributed by atoms with Gasteiger partial charge in [-0.3, -0.25) is 0 Å². The molecule has 0 amide bonds. The molecule has 90 valence electrons. The second kappa shape index (κ2) is 6.06. The van der Waals surface area contributed by atoms with Gasteiger partial charge in [0.05, 0.1) is 18.6 Å². The summed E-state index contributed by atoms with van der Waals surface area (Å²) in [4.78, 5) is 4.50. The average Bonchev–Trinajstić information content (AvgIpc) is 2.76. The van der Waals surface area contributed by atoms with Crippen LogP contribution in [0.3, 0.4) is 0 Å². The number of nitrogens with zero attached hydrogens (tertiary/aromatic N) is 2. The summed E-state index contributed by atoms with van der Waals surface area (Å²) in [6.07, 6.45) is 6.49. The summed E-state index contributed by atoms with van der Waals surface area (Å²) in [5, 5.41) is 3.33. The molecule has 0 aliphatic heterocycles. The minimum absolute atomic E-state index is 0.710. The van der Waals surface area contributed by atoms with Crippen LogP contribution in [-0.2, 0) is 11.3 Å². The molecule has 1 N–H and O–H groups in total. The Balaban J connectivity index is 1.77. The molecule has 0 saturated carbocycles. The molecular formula is C13H17N3O. The zero-order valence-electron chi connectivity index (χ0n) is 9.80. The van der Waals surface area contributed by atoms with Crippen molar-refractivity contribution >= 4 is 5.65 Å². The maximum absolute atomic E-state index is 5.04. The van der Waals surface area contributed by atoms with E-state index in [4.69, 9.17) is 4.74 Å². The number of hydrogen-bond donors (Lipinski definition) is 1. The fraction of sp³-hybridized carbons (Fsp3) is 0.308. The monoisotopic (exact) mass is 231 g/mol. The molecule has 2 heterocycles. The van der Waals surface area contributed by atoms with E-state index in [1.54, 1.807) is 0 Å². The van der Waals surface area contributed by atoms with Gasteiger partial charge >= 0.3 is 0 Å². The van der Waals surface area contributed by atoms with Gasteiger partial charge in [-0.1, -0.05) is 12.6 Å². The van der Waals surface area contributed by atoms with E-state index in [2.05, 4.69) is 16.9 Å². The van der Waals surface area contributed by atoms with E-state index in [1.165, 1.54) is 6.26 Å². The van der Waals surface area contributed by atoms with E-state index in [-0.39, 0.29) is 0 Å². The normalized spacial score (nSPS) is 10.6. The van der Waals surface area contributed by atoms with Gasteiger partial charge < -0.3 is 14.5 Å². The van der Waals surface area contributed by atoms with Crippen molar-refractivity contribution in [1.82, 2.24) is 14.7 Å². The number of ether oxygens (including phenoxy) is 1. The van der Waals surface area contributed by atoms with Crippen LogP contribution in [0.15, 0.2) is 43.4 Å². The molecular weight excluding hydrogens is 214 g/mol. The van der Waals surface area contributed by atoms with Crippen molar-refractivity contribution in [3.63, 3.8) is 0 Å². The third-order valence-corrected chi connectivity index (χ3v) is 2.45. The van der Waals surface area contributed by atoms with Crippen molar-refractivity contribution in [2.45, 2.75) is 13.0 Å². The first-order chi connectivity index (χ1) is 8.40. The van der Waals surface area contributed by atoms with Crippen molar-refractivity contribution in [2.24, 2.45) is 0 Å². The van der Waals surface area contributed by atoms with Crippen LogP contribution < -0.4 is 5.32 Å². The lowest BCUT2D eigenvalue weighted by atomic mass is 10.4. The van der Waals surface area contributed by atoms with E-state index in [1.807, 2.05) is 35.0 Å². The molecule has 17 heavy (non-hydrogen) atoms. The van der Waals surface area contributed by atoms with Crippen LogP contribution in [0.25, 0.3) is 5.65 Å². The molecule has 0 aliphatic carbocycles. The van der Waals surface area contributed by atoms with E-state index in [0.717, 1.165) is 30.9 Å². The summed E-state index contributed by atoms with van der Waals surface area (Å²) in [5.74, 6) is 0. The van der Waals surface area contributed by atoms with Crippen LogP contribution >= 0.6 is 0 Å². The van der Waals surface area contributed by atoms with Crippen molar-refractivity contribution in [1.29, 1.82) is 0 Å². The van der Waals surface area contributed by atoms with Crippen molar-refractivity contribution in [2.75, 3.05) is 13.2 Å².